The van der Waals surface area contributed by atoms with Crippen LogP contribution >= 0.6 is 0 Å². The van der Waals surface area contributed by atoms with E-state index in [1.54, 1.807) is 13.0 Å². The van der Waals surface area contributed by atoms with Gasteiger partial charge in [-0.1, -0.05) is 72.3 Å². The maximum absolute atomic E-state index is 16.1. The number of aliphatic hydroxyl groups is 18. The van der Waals surface area contributed by atoms with Crippen molar-refractivity contribution < 1.29 is 173 Å². The van der Waals surface area contributed by atoms with E-state index >= 15 is 4.79 Å². The number of fused-ring (bicyclic) bond motifs is 7. The summed E-state index contributed by atoms with van der Waals surface area (Å²) in [5.74, 6) is -1.77. The van der Waals surface area contributed by atoms with Crippen LogP contribution in [0.4, 0.5) is 0 Å². The second-order valence-electron chi connectivity index (χ2n) is 36.3. The van der Waals surface area contributed by atoms with E-state index in [9.17, 15) is 96.7 Å². The first-order valence-corrected chi connectivity index (χ1v) is 39.9. The number of ether oxygens (including phenoxy) is 15. The summed E-state index contributed by atoms with van der Waals surface area (Å²) < 4.78 is 89.7. The second-order valence-corrected chi connectivity index (χ2v) is 36.3. The van der Waals surface area contributed by atoms with Gasteiger partial charge >= 0.3 is 11.9 Å². The molecule has 4 saturated carbocycles. The topological polar surface area (TPSA) is 537 Å². The standard InChI is InChI=1S/C78H124O35/c1-12-74(8,98)19-13-14-33(2)63(96)99-31-41-50(87)52(89)62(112-67-57(94)53(90)59(34(3)105-67)109-66-58(95)60(40(82)30-102-66)110-64-54(91)46(83)37(79)27-100-64)70(107-41)113-71(97)78-24-22-72(4,5)26-36(78)35-15-16-44-75(9)20-18-45(73(6,7)43(75)17-21-77(44,11)76(35,10)23-25-78)108-68-56(93)51(88)49(86)42(106-68)32-104-69-61(48(85)39(81)29-103-69)111-65-55(92)47(84)38(80)28-101-65/h12,14-15,34,36-62,64-70,79-95,98H,1,13,16-32H2,2-11H3/b33-14+/t34-,36+,37+,38+,39+,40-,41-,42+,43+,44+,45-,46+,47+,48+,49-,50+,51-,52+,53+,54-,55-,56+,57+,58+,59+,60-,61-,62-,64+,65+,66-,67-,68-,69-,70-,74-,75+,76-,77+,78+/m1/s1. The molecule has 0 aromatic heterocycles. The van der Waals surface area contributed by atoms with E-state index < -0.39 is 276 Å². The third-order valence-electron chi connectivity index (χ3n) is 28.2. The third kappa shape index (κ3) is 17.1. The van der Waals surface area contributed by atoms with Gasteiger partial charge in [0.05, 0.1) is 56.3 Å². The fraction of sp³-hybridized carbons (Fsp3) is 0.897. The van der Waals surface area contributed by atoms with Crippen LogP contribution in [-0.2, 0) is 80.6 Å². The van der Waals surface area contributed by atoms with Crippen LogP contribution in [0.5, 0.6) is 0 Å². The lowest BCUT2D eigenvalue weighted by molar-refractivity contribution is -0.379. The summed E-state index contributed by atoms with van der Waals surface area (Å²) in [6.45, 7) is 20.8. The highest BCUT2D eigenvalue weighted by molar-refractivity contribution is 5.87. The SMILES string of the molecule is C=C[C@@](C)(O)CC/C=C(\C)C(=O)OC[C@H]1O[C@H](OC(=O)[C@]23CCC(C)(C)C[C@H]2C2=CC[C@H]4[C@@]5(C)CC[C@@H](O[C@H]6O[C@@H](CO[C@H]7OC[C@H](O)[C@H](O)[C@H]7O[C@@H]7OC[C@H](O)[C@H](O)[C@H]7O)[C@@H](O)[C@@H](O)[C@@H]6O)C(C)(C)[C@@H]5CC[C@]4(C)[C@]2(C)CC3)[C@H](O[C@H]2O[C@H](C)[C@H](O[C@H]3OC[C@@H](O)[C@@H](O[C@@H]4OC[C@H](O)[C@H](O)[C@H]4O)[C@@H]3O)[C@@H](O)[C@@H]2O)[C@@H](O)[C@H]1O. The Kier molecular flexibility index (Phi) is 27.2. The van der Waals surface area contributed by atoms with Crippen LogP contribution in [0, 0.1) is 50.2 Å². The molecule has 646 valence electrons. The molecule has 0 bridgehead atoms. The number of rotatable bonds is 22. The van der Waals surface area contributed by atoms with E-state index in [1.165, 1.54) is 19.9 Å². The lowest BCUT2D eigenvalue weighted by atomic mass is 9.33. The summed E-state index contributed by atoms with van der Waals surface area (Å²) in [5.41, 5.74) is -3.12. The fourth-order valence-electron chi connectivity index (χ4n) is 20.7. The molecular weight excluding hydrogens is 1500 g/mol. The van der Waals surface area contributed by atoms with Crippen LogP contribution < -0.4 is 0 Å². The van der Waals surface area contributed by atoms with Crippen LogP contribution in [0.3, 0.4) is 0 Å². The van der Waals surface area contributed by atoms with Crippen molar-refractivity contribution in [3.8, 4) is 0 Å². The highest BCUT2D eigenvalue weighted by Gasteiger charge is 2.71. The molecule has 0 aromatic carbocycles. The minimum absolute atomic E-state index is 0.0369. The van der Waals surface area contributed by atoms with Gasteiger partial charge in [-0.15, -0.1) is 6.58 Å². The van der Waals surface area contributed by atoms with Crippen LogP contribution in [0.1, 0.15) is 146 Å². The van der Waals surface area contributed by atoms with Crippen LogP contribution in [-0.4, -0.2) is 346 Å². The molecule has 0 amide bonds. The number of aliphatic hydroxyl groups excluding tert-OH is 17. The maximum Gasteiger partial charge on any atom is 0.333 e. The molecule has 35 nitrogen and oxygen atoms in total. The van der Waals surface area contributed by atoms with E-state index in [0.29, 0.717) is 51.4 Å². The van der Waals surface area contributed by atoms with E-state index in [-0.39, 0.29) is 46.5 Å². The molecule has 18 N–H and O–H groups in total. The highest BCUT2D eigenvalue weighted by Crippen LogP contribution is 2.76. The molecule has 12 rings (SSSR count). The van der Waals surface area contributed by atoms with Gasteiger partial charge in [0, 0.05) is 5.57 Å². The van der Waals surface area contributed by atoms with Crippen LogP contribution in [0.2, 0.25) is 0 Å². The average molecular weight is 1620 g/mol. The van der Waals surface area contributed by atoms with Crippen molar-refractivity contribution in [1.82, 2.24) is 0 Å². The zero-order valence-electron chi connectivity index (χ0n) is 65.9. The Labute approximate surface area is 656 Å². The Morgan fingerprint density at radius 1 is 0.531 bits per heavy atom. The first-order valence-electron chi connectivity index (χ1n) is 39.9. The van der Waals surface area contributed by atoms with Crippen LogP contribution in [0.25, 0.3) is 0 Å². The monoisotopic (exact) mass is 1620 g/mol. The smallest absolute Gasteiger partial charge is 0.333 e. The molecule has 11 fully saturated rings. The summed E-state index contributed by atoms with van der Waals surface area (Å²) in [5, 5.41) is 198. The predicted octanol–water partition coefficient (Wildman–Crippen LogP) is -2.76. The van der Waals surface area contributed by atoms with Crippen molar-refractivity contribution in [2.75, 3.05) is 39.6 Å². The summed E-state index contributed by atoms with van der Waals surface area (Å²) >= 11 is 0. The molecule has 40 atom stereocenters. The summed E-state index contributed by atoms with van der Waals surface area (Å²) in [7, 11) is 0. The van der Waals surface area contributed by atoms with Crippen molar-refractivity contribution in [3.63, 3.8) is 0 Å². The largest absolute Gasteiger partial charge is 0.459 e. The van der Waals surface area contributed by atoms with Crippen molar-refractivity contribution in [1.29, 1.82) is 0 Å². The summed E-state index contributed by atoms with van der Waals surface area (Å²) in [6.07, 6.45) is -40.8. The van der Waals surface area contributed by atoms with E-state index in [1.807, 2.05) is 0 Å². The number of carbonyl (C=O) groups excluding carboxylic acids is 2. The van der Waals surface area contributed by atoms with Gasteiger partial charge in [0.2, 0.25) is 6.29 Å². The third-order valence-corrected chi connectivity index (χ3v) is 28.2. The minimum Gasteiger partial charge on any atom is -0.459 e. The lowest BCUT2D eigenvalue weighted by Crippen LogP contribution is -2.67. The number of hydrogen-bond donors (Lipinski definition) is 18. The summed E-state index contributed by atoms with van der Waals surface area (Å²) in [6, 6.07) is 0. The quantitative estimate of drug-likeness (QED) is 0.0226. The highest BCUT2D eigenvalue weighted by atomic mass is 16.8. The minimum atomic E-state index is -2.06. The van der Waals surface area contributed by atoms with Gasteiger partial charge in [-0.25, -0.2) is 4.79 Å². The first kappa shape index (κ1) is 89.2. The van der Waals surface area contributed by atoms with E-state index in [0.717, 1.165) is 18.4 Å². The first-order chi connectivity index (χ1) is 52.9. The van der Waals surface area contributed by atoms with Crippen molar-refractivity contribution in [3.05, 3.63) is 36.0 Å². The molecule has 7 aliphatic heterocycles. The van der Waals surface area contributed by atoms with Gasteiger partial charge in [0.25, 0.3) is 0 Å². The molecule has 0 unspecified atom stereocenters. The molecule has 35 heteroatoms. The van der Waals surface area contributed by atoms with Gasteiger partial charge < -0.3 is 163 Å². The number of allylic oxidation sites excluding steroid dienone is 3. The average Bonchev–Trinajstić information content (AvgIpc) is 0.674. The van der Waals surface area contributed by atoms with Gasteiger partial charge in [-0.2, -0.15) is 0 Å². The van der Waals surface area contributed by atoms with Gasteiger partial charge in [-0.3, -0.25) is 4.79 Å². The zero-order chi connectivity index (χ0) is 82.5. The summed E-state index contributed by atoms with van der Waals surface area (Å²) in [4.78, 5) is 29.6. The number of hydrogen-bond acceptors (Lipinski definition) is 35. The molecule has 113 heavy (non-hydrogen) atoms. The van der Waals surface area contributed by atoms with E-state index in [2.05, 4.69) is 61.1 Å². The molecule has 7 heterocycles. The molecule has 5 aliphatic carbocycles. The Morgan fingerprint density at radius 3 is 1.69 bits per heavy atom. The normalized spacial score (nSPS) is 50.6. The van der Waals surface area contributed by atoms with Crippen LogP contribution in [0.15, 0.2) is 36.0 Å². The molecule has 0 aromatic rings. The number of esters is 2. The van der Waals surface area contributed by atoms with Gasteiger partial charge in [0.1, 0.15) is 141 Å². The van der Waals surface area contributed by atoms with Gasteiger partial charge in [0.15, 0.2) is 43.8 Å². The van der Waals surface area contributed by atoms with Crippen molar-refractivity contribution in [2.24, 2.45) is 50.2 Å². The fourth-order valence-corrected chi connectivity index (χ4v) is 20.7. The van der Waals surface area contributed by atoms with Crippen molar-refractivity contribution >= 4 is 11.9 Å². The Hall–Kier alpha value is -3.08. The van der Waals surface area contributed by atoms with Crippen molar-refractivity contribution in [2.45, 2.75) is 349 Å². The van der Waals surface area contributed by atoms with Gasteiger partial charge in [-0.05, 0) is 143 Å². The Bertz CT molecular complexity index is 3330. The molecular formula is C78H124O35. The maximum atomic E-state index is 16.1. The number of carbonyl (C=O) groups is 2. The molecule has 7 saturated heterocycles. The predicted molar refractivity (Wildman–Crippen MR) is 383 cm³/mol. The van der Waals surface area contributed by atoms with E-state index in [4.69, 9.17) is 71.1 Å². The molecule has 12 aliphatic rings. The molecule has 0 spiro atoms. The Morgan fingerprint density at radius 2 is 1.04 bits per heavy atom. The zero-order valence-corrected chi connectivity index (χ0v) is 65.9. The molecule has 0 radical (unpaired) electrons. The Balaban J connectivity index is 0.751. The lowest BCUT2D eigenvalue weighted by Gasteiger charge is -2.71. The second kappa shape index (κ2) is 34.4.